The molecule has 0 radical (unpaired) electrons. The molecule has 5 aromatic rings. The van der Waals surface area contributed by atoms with Crippen LogP contribution >= 0.6 is 0 Å². The molecule has 0 amide bonds. The summed E-state index contributed by atoms with van der Waals surface area (Å²) in [4.78, 5) is 22.9. The first kappa shape index (κ1) is 34.3. The summed E-state index contributed by atoms with van der Waals surface area (Å²) in [5.41, 5.74) is 4.78. The first-order valence-electron chi connectivity index (χ1n) is 16.5. The molecule has 0 N–H and O–H groups in total. The molecule has 5 rings (SSSR count). The maximum absolute atomic E-state index is 11.8. The van der Waals surface area contributed by atoms with E-state index < -0.39 is 5.97 Å². The highest BCUT2D eigenvalue weighted by molar-refractivity contribution is 5.96. The highest BCUT2D eigenvalue weighted by Gasteiger charge is 2.09. The van der Waals surface area contributed by atoms with E-state index in [0.29, 0.717) is 19.0 Å². The first-order chi connectivity index (χ1) is 24.0. The molecule has 0 spiro atoms. The van der Waals surface area contributed by atoms with Crippen molar-refractivity contribution in [3.8, 4) is 35.2 Å². The molecule has 0 saturated carbocycles. The zero-order valence-electron chi connectivity index (χ0n) is 27.7. The van der Waals surface area contributed by atoms with Crippen LogP contribution in [0.25, 0.3) is 21.5 Å². The Morgan fingerprint density at radius 3 is 1.82 bits per heavy atom. The van der Waals surface area contributed by atoms with Gasteiger partial charge in [-0.05, 0) is 80.1 Å². The summed E-state index contributed by atoms with van der Waals surface area (Å²) in [6, 6.07) is 29.7. The molecule has 49 heavy (non-hydrogen) atoms. The van der Waals surface area contributed by atoms with Gasteiger partial charge in [0.2, 0.25) is 0 Å². The normalized spacial score (nSPS) is 10.3. The Hall–Kier alpha value is -6.04. The van der Waals surface area contributed by atoms with Gasteiger partial charge in [-0.3, -0.25) is 0 Å². The molecule has 244 valence electrons. The predicted octanol–water partition coefficient (Wildman–Crippen LogP) is 9.11. The molecule has 0 aromatic heterocycles. The van der Waals surface area contributed by atoms with Gasteiger partial charge in [-0.1, -0.05) is 92.3 Å². The second kappa shape index (κ2) is 17.2. The molecule has 5 aromatic carbocycles. The van der Waals surface area contributed by atoms with E-state index in [1.807, 2.05) is 66.7 Å². The van der Waals surface area contributed by atoms with Gasteiger partial charge in [-0.25, -0.2) is 9.59 Å². The van der Waals surface area contributed by atoms with Gasteiger partial charge in [0.05, 0.1) is 13.2 Å². The van der Waals surface area contributed by atoms with E-state index in [1.54, 1.807) is 6.07 Å². The lowest BCUT2D eigenvalue weighted by Gasteiger charge is -2.11. The van der Waals surface area contributed by atoms with Gasteiger partial charge < -0.3 is 14.2 Å². The highest BCUT2D eigenvalue weighted by atomic mass is 16.5. The van der Waals surface area contributed by atoms with Crippen LogP contribution in [0.4, 0.5) is 0 Å². The molecular weight excluding hydrogens is 608 g/mol. The minimum atomic E-state index is -0.500. The molecule has 0 heterocycles. The van der Waals surface area contributed by atoms with E-state index in [0.717, 1.165) is 93.3 Å². The summed E-state index contributed by atoms with van der Waals surface area (Å²) >= 11 is 0. The lowest BCUT2D eigenvalue weighted by molar-refractivity contribution is -0.137. The summed E-state index contributed by atoms with van der Waals surface area (Å²) in [6.45, 7) is 10.0. The molecule has 0 aliphatic carbocycles. The lowest BCUT2D eigenvalue weighted by atomic mass is 10.00. The number of carbonyl (C=O) groups excluding carboxylic acids is 2. The van der Waals surface area contributed by atoms with Crippen LogP contribution in [0.1, 0.15) is 60.4 Å². The van der Waals surface area contributed by atoms with Gasteiger partial charge in [0.25, 0.3) is 0 Å². The summed E-state index contributed by atoms with van der Waals surface area (Å²) in [7, 11) is 0. The number of esters is 2. The maximum atomic E-state index is 11.8. The van der Waals surface area contributed by atoms with Crippen molar-refractivity contribution in [1.29, 1.82) is 0 Å². The Bertz CT molecular complexity index is 2130. The monoisotopic (exact) mass is 646 g/mol. The Kier molecular flexibility index (Phi) is 12.0. The summed E-state index contributed by atoms with van der Waals surface area (Å²) in [6.07, 6.45) is 6.87. The third-order valence-corrected chi connectivity index (χ3v) is 8.01. The van der Waals surface area contributed by atoms with E-state index in [-0.39, 0.29) is 5.97 Å². The number of fused-ring (bicyclic) bond motifs is 2. The van der Waals surface area contributed by atoms with Gasteiger partial charge in [0.1, 0.15) is 11.5 Å². The molecule has 0 atom stereocenters. The van der Waals surface area contributed by atoms with Crippen LogP contribution in [-0.4, -0.2) is 25.2 Å². The van der Waals surface area contributed by atoms with Gasteiger partial charge in [-0.2, -0.15) is 0 Å². The van der Waals surface area contributed by atoms with Gasteiger partial charge >= 0.3 is 11.9 Å². The quantitative estimate of drug-likeness (QED) is 0.0445. The van der Waals surface area contributed by atoms with Crippen LogP contribution in [0.15, 0.2) is 116 Å². The molecule has 0 unspecified atom stereocenters. The van der Waals surface area contributed by atoms with Crippen LogP contribution in [0.2, 0.25) is 0 Å². The van der Waals surface area contributed by atoms with Crippen molar-refractivity contribution >= 4 is 33.5 Å². The largest absolute Gasteiger partial charge is 0.493 e. The number of rotatable bonds is 12. The molecule has 0 aliphatic rings. The number of hydrogen-bond donors (Lipinski definition) is 0. The Balaban J connectivity index is 1.28. The third kappa shape index (κ3) is 9.07. The highest BCUT2D eigenvalue weighted by Crippen LogP contribution is 2.30. The number of benzene rings is 5. The lowest BCUT2D eigenvalue weighted by Crippen LogP contribution is -2.03. The van der Waals surface area contributed by atoms with Crippen molar-refractivity contribution in [2.45, 2.75) is 39.0 Å². The van der Waals surface area contributed by atoms with Gasteiger partial charge in [0, 0.05) is 56.0 Å². The minimum absolute atomic E-state index is 0.376. The van der Waals surface area contributed by atoms with Crippen molar-refractivity contribution < 1.29 is 23.8 Å². The molecule has 5 heteroatoms. The average Bonchev–Trinajstić information content (AvgIpc) is 3.14. The summed E-state index contributed by atoms with van der Waals surface area (Å²) in [5, 5.41) is 3.81. The van der Waals surface area contributed by atoms with E-state index >= 15 is 0 Å². The standard InChI is InChI=1S/C44H38O5/c1-4-33-31-32(20-22-35-26-28-42(49-44(46)6-3)40-18-12-10-16-38(35)40)19-21-34(33)23-24-36-25-27-41(39-17-11-9-15-37(36)39)47-29-13-7-8-14-30-48-43(45)5-2/h5-6,9-12,15-19,21,25-28,31H,2-4,7-8,13-14,29-30H2,1H3. The molecule has 0 aliphatic heterocycles. The SMILES string of the molecule is C=CC(=O)OCCCCCCOc1ccc(C#Cc2ccc(C#Cc3ccc(OC(=O)C=C)c4ccccc34)cc2CC)c2ccccc12. The van der Waals surface area contributed by atoms with Crippen LogP contribution in [-0.2, 0) is 20.7 Å². The molecule has 0 fully saturated rings. The fourth-order valence-electron chi connectivity index (χ4n) is 5.46. The fourth-order valence-corrected chi connectivity index (χ4v) is 5.46. The molecular formula is C44H38O5. The fraction of sp³-hybridized carbons (Fsp3) is 0.182. The third-order valence-electron chi connectivity index (χ3n) is 8.01. The smallest absolute Gasteiger partial charge is 0.335 e. The zero-order chi connectivity index (χ0) is 34.4. The number of ether oxygens (including phenoxy) is 3. The predicted molar refractivity (Wildman–Crippen MR) is 197 cm³/mol. The van der Waals surface area contributed by atoms with Crippen molar-refractivity contribution in [3.05, 3.63) is 144 Å². The van der Waals surface area contributed by atoms with E-state index in [4.69, 9.17) is 14.2 Å². The van der Waals surface area contributed by atoms with E-state index in [2.05, 4.69) is 62.0 Å². The number of hydrogen-bond acceptors (Lipinski definition) is 5. The number of carbonyl (C=O) groups is 2. The van der Waals surface area contributed by atoms with Crippen LogP contribution < -0.4 is 9.47 Å². The van der Waals surface area contributed by atoms with E-state index in [9.17, 15) is 9.59 Å². The van der Waals surface area contributed by atoms with Gasteiger partial charge in [-0.15, -0.1) is 0 Å². The Morgan fingerprint density at radius 1 is 0.612 bits per heavy atom. The van der Waals surface area contributed by atoms with Crippen LogP contribution in [0, 0.1) is 23.7 Å². The minimum Gasteiger partial charge on any atom is -0.493 e. The summed E-state index contributed by atoms with van der Waals surface area (Å²) < 4.78 is 16.6. The van der Waals surface area contributed by atoms with Crippen molar-refractivity contribution in [2.75, 3.05) is 13.2 Å². The zero-order valence-corrected chi connectivity index (χ0v) is 27.7. The van der Waals surface area contributed by atoms with Gasteiger partial charge in [0.15, 0.2) is 0 Å². The second-order valence-corrected chi connectivity index (χ2v) is 11.3. The Morgan fingerprint density at radius 2 is 1.16 bits per heavy atom. The number of aryl methyl sites for hydroxylation is 1. The second-order valence-electron chi connectivity index (χ2n) is 11.3. The van der Waals surface area contributed by atoms with Crippen LogP contribution in [0.3, 0.4) is 0 Å². The van der Waals surface area contributed by atoms with Crippen molar-refractivity contribution in [1.82, 2.24) is 0 Å². The topological polar surface area (TPSA) is 61.8 Å². The first-order valence-corrected chi connectivity index (χ1v) is 16.5. The average molecular weight is 647 g/mol. The summed E-state index contributed by atoms with van der Waals surface area (Å²) in [5.74, 6) is 13.9. The molecule has 0 bridgehead atoms. The van der Waals surface area contributed by atoms with Crippen LogP contribution in [0.5, 0.6) is 11.5 Å². The Labute approximate surface area is 288 Å². The van der Waals surface area contributed by atoms with Crippen molar-refractivity contribution in [2.24, 2.45) is 0 Å². The van der Waals surface area contributed by atoms with E-state index in [1.165, 1.54) is 6.08 Å². The maximum Gasteiger partial charge on any atom is 0.335 e. The molecule has 0 saturated heterocycles. The number of unbranched alkanes of at least 4 members (excludes halogenated alkanes) is 3. The molecule has 5 nitrogen and oxygen atoms in total. The van der Waals surface area contributed by atoms with Crippen molar-refractivity contribution in [3.63, 3.8) is 0 Å².